The van der Waals surface area contributed by atoms with Gasteiger partial charge in [0.15, 0.2) is 6.10 Å². The van der Waals surface area contributed by atoms with Gasteiger partial charge in [-0.05, 0) is 30.7 Å². The van der Waals surface area contributed by atoms with E-state index >= 15 is 0 Å². The Morgan fingerprint density at radius 2 is 1.90 bits per heavy atom. The highest BCUT2D eigenvalue weighted by atomic mass is 35.5. The maximum Gasteiger partial charge on any atom is 0.417 e. The number of hydrogen-bond acceptors (Lipinski definition) is 4. The van der Waals surface area contributed by atoms with Gasteiger partial charge in [-0.15, -0.1) is 0 Å². The van der Waals surface area contributed by atoms with Crippen LogP contribution in [0.5, 0.6) is 0 Å². The molecule has 2 aromatic carbocycles. The van der Waals surface area contributed by atoms with Crippen LogP contribution in [0.25, 0.3) is 0 Å². The molecule has 162 valence electrons. The number of amides is 1. The normalized spacial score (nSPS) is 12.3. The first-order chi connectivity index (χ1) is 14.6. The molecule has 1 aromatic heterocycles. The second kappa shape index (κ2) is 9.22. The lowest BCUT2D eigenvalue weighted by atomic mass is 10.2. The number of hydrogen-bond donors (Lipinski definition) is 1. The predicted octanol–water partition coefficient (Wildman–Crippen LogP) is 4.79. The van der Waals surface area contributed by atoms with E-state index in [4.69, 9.17) is 16.3 Å². The predicted molar refractivity (Wildman–Crippen MR) is 108 cm³/mol. The lowest BCUT2D eigenvalue weighted by Crippen LogP contribution is -2.30. The Kier molecular flexibility index (Phi) is 6.65. The minimum absolute atomic E-state index is 0.125. The molecule has 0 aliphatic carbocycles. The first kappa shape index (κ1) is 22.4. The van der Waals surface area contributed by atoms with Crippen LogP contribution < -0.4 is 5.32 Å². The summed E-state index contributed by atoms with van der Waals surface area (Å²) in [6, 6.07) is 12.4. The van der Waals surface area contributed by atoms with E-state index in [1.54, 1.807) is 4.68 Å². The van der Waals surface area contributed by atoms with Gasteiger partial charge in [0.25, 0.3) is 5.91 Å². The molecule has 3 aromatic rings. The molecule has 6 nitrogen and oxygen atoms in total. The van der Waals surface area contributed by atoms with Crippen molar-refractivity contribution in [2.24, 2.45) is 0 Å². The second-order valence-corrected chi connectivity index (χ2v) is 7.05. The number of anilines is 1. The first-order valence-electron chi connectivity index (χ1n) is 9.08. The molecule has 1 amide bonds. The van der Waals surface area contributed by atoms with Gasteiger partial charge < -0.3 is 10.1 Å². The van der Waals surface area contributed by atoms with Gasteiger partial charge in [-0.3, -0.25) is 9.48 Å². The molecule has 0 aliphatic rings. The summed E-state index contributed by atoms with van der Waals surface area (Å²) < 4.78 is 45.5. The van der Waals surface area contributed by atoms with Crippen molar-refractivity contribution >= 4 is 29.2 Å². The minimum Gasteiger partial charge on any atom is -0.449 e. The molecule has 0 aliphatic heterocycles. The minimum atomic E-state index is -4.67. The monoisotopic (exact) mass is 451 g/mol. The van der Waals surface area contributed by atoms with Crippen molar-refractivity contribution in [3.05, 3.63) is 82.6 Å². The number of carbonyl (C=O) groups excluding carboxylic acids is 2. The Morgan fingerprint density at radius 1 is 1.19 bits per heavy atom. The molecule has 1 atom stereocenters. The summed E-state index contributed by atoms with van der Waals surface area (Å²) in [6.45, 7) is 1.75. The van der Waals surface area contributed by atoms with Crippen LogP contribution in [0.4, 0.5) is 18.9 Å². The summed E-state index contributed by atoms with van der Waals surface area (Å²) in [4.78, 5) is 24.5. The van der Waals surface area contributed by atoms with E-state index in [2.05, 4.69) is 10.4 Å². The maximum absolute atomic E-state index is 12.9. The van der Waals surface area contributed by atoms with Gasteiger partial charge in [-0.1, -0.05) is 41.9 Å². The molecule has 10 heteroatoms. The van der Waals surface area contributed by atoms with Gasteiger partial charge >= 0.3 is 12.1 Å². The molecule has 1 unspecified atom stereocenters. The van der Waals surface area contributed by atoms with Gasteiger partial charge in [0.1, 0.15) is 0 Å². The average Bonchev–Trinajstić information content (AvgIpc) is 3.18. The van der Waals surface area contributed by atoms with Gasteiger partial charge in [0.05, 0.1) is 28.9 Å². The summed E-state index contributed by atoms with van der Waals surface area (Å²) >= 11 is 5.56. The molecule has 3 rings (SSSR count). The van der Waals surface area contributed by atoms with Crippen molar-refractivity contribution in [2.75, 3.05) is 5.32 Å². The van der Waals surface area contributed by atoms with Crippen LogP contribution in [0.1, 0.15) is 28.4 Å². The van der Waals surface area contributed by atoms with E-state index in [-0.39, 0.29) is 11.3 Å². The highest BCUT2D eigenvalue weighted by molar-refractivity contribution is 6.31. The molecule has 0 saturated heterocycles. The largest absolute Gasteiger partial charge is 0.449 e. The third kappa shape index (κ3) is 5.85. The topological polar surface area (TPSA) is 73.2 Å². The van der Waals surface area contributed by atoms with Crippen LogP contribution >= 0.6 is 11.6 Å². The summed E-state index contributed by atoms with van der Waals surface area (Å²) in [7, 11) is 0. The Bertz CT molecular complexity index is 1080. The number of alkyl halides is 3. The van der Waals surface area contributed by atoms with Crippen LogP contribution in [0.15, 0.2) is 60.9 Å². The van der Waals surface area contributed by atoms with Gasteiger partial charge in [0.2, 0.25) is 0 Å². The molecule has 0 fully saturated rings. The molecule has 1 N–H and O–H groups in total. The zero-order chi connectivity index (χ0) is 22.6. The summed E-state index contributed by atoms with van der Waals surface area (Å²) in [5.74, 6) is -1.57. The van der Waals surface area contributed by atoms with E-state index in [1.807, 2.05) is 30.3 Å². The highest BCUT2D eigenvalue weighted by Crippen LogP contribution is 2.36. The second-order valence-electron chi connectivity index (χ2n) is 6.64. The number of halogens is 4. The van der Waals surface area contributed by atoms with Crippen LogP contribution in [0, 0.1) is 0 Å². The third-order valence-corrected chi connectivity index (χ3v) is 4.58. The van der Waals surface area contributed by atoms with Crippen LogP contribution in [0.2, 0.25) is 5.02 Å². The number of rotatable bonds is 6. The summed E-state index contributed by atoms with van der Waals surface area (Å²) in [5, 5.41) is 5.88. The lowest BCUT2D eigenvalue weighted by Gasteiger charge is -2.15. The molecule has 0 spiro atoms. The van der Waals surface area contributed by atoms with Crippen LogP contribution in [-0.4, -0.2) is 27.8 Å². The fourth-order valence-corrected chi connectivity index (χ4v) is 2.90. The third-order valence-electron chi connectivity index (χ3n) is 4.25. The SMILES string of the molecule is CC(OC(=O)c1cnn(Cc2ccccc2)c1)C(=O)Nc1ccc(Cl)c(C(F)(F)F)c1. The average molecular weight is 452 g/mol. The summed E-state index contributed by atoms with van der Waals surface area (Å²) in [6.07, 6.45) is -3.13. The Hall–Kier alpha value is -3.33. The van der Waals surface area contributed by atoms with Crippen molar-refractivity contribution in [2.45, 2.75) is 25.7 Å². The fraction of sp³-hybridized carbons (Fsp3) is 0.190. The number of nitrogens with one attached hydrogen (secondary N) is 1. The lowest BCUT2D eigenvalue weighted by molar-refractivity contribution is -0.137. The number of aromatic nitrogens is 2. The van der Waals surface area contributed by atoms with E-state index in [9.17, 15) is 22.8 Å². The van der Waals surface area contributed by atoms with E-state index < -0.39 is 34.7 Å². The summed E-state index contributed by atoms with van der Waals surface area (Å²) in [5.41, 5.74) is -0.0800. The van der Waals surface area contributed by atoms with E-state index in [0.29, 0.717) is 12.6 Å². The molecular formula is C21H17ClF3N3O3. The number of ether oxygens (including phenoxy) is 1. The Morgan fingerprint density at radius 3 is 2.58 bits per heavy atom. The van der Waals surface area contributed by atoms with Gasteiger partial charge in [-0.2, -0.15) is 18.3 Å². The van der Waals surface area contributed by atoms with Crippen molar-refractivity contribution in [3.63, 3.8) is 0 Å². The molecule has 0 saturated carbocycles. The molecular weight excluding hydrogens is 435 g/mol. The van der Waals surface area contributed by atoms with Crippen molar-refractivity contribution in [3.8, 4) is 0 Å². The van der Waals surface area contributed by atoms with Gasteiger partial charge in [0, 0.05) is 11.9 Å². The highest BCUT2D eigenvalue weighted by Gasteiger charge is 2.33. The smallest absolute Gasteiger partial charge is 0.417 e. The Labute approximate surface area is 180 Å². The number of carbonyl (C=O) groups is 2. The fourth-order valence-electron chi connectivity index (χ4n) is 2.67. The van der Waals surface area contributed by atoms with Crippen molar-refractivity contribution in [1.29, 1.82) is 0 Å². The van der Waals surface area contributed by atoms with Crippen LogP contribution in [0.3, 0.4) is 0 Å². The molecule has 1 heterocycles. The molecule has 31 heavy (non-hydrogen) atoms. The first-order valence-corrected chi connectivity index (χ1v) is 9.46. The zero-order valence-corrected chi connectivity index (χ0v) is 16.9. The Balaban J connectivity index is 1.60. The number of benzene rings is 2. The quantitative estimate of drug-likeness (QED) is 0.547. The van der Waals surface area contributed by atoms with Crippen molar-refractivity contribution < 1.29 is 27.5 Å². The zero-order valence-electron chi connectivity index (χ0n) is 16.2. The van der Waals surface area contributed by atoms with E-state index in [0.717, 1.165) is 11.6 Å². The van der Waals surface area contributed by atoms with Crippen LogP contribution in [-0.2, 0) is 22.3 Å². The van der Waals surface area contributed by atoms with Crippen molar-refractivity contribution in [1.82, 2.24) is 9.78 Å². The van der Waals surface area contributed by atoms with E-state index in [1.165, 1.54) is 25.4 Å². The standard InChI is InChI=1S/C21H17ClF3N3O3/c1-13(19(29)27-16-7-8-18(22)17(9-16)21(23,24)25)31-20(30)15-10-26-28(12-15)11-14-5-3-2-4-6-14/h2-10,12-13H,11H2,1H3,(H,27,29). The molecule has 0 radical (unpaired) electrons. The maximum atomic E-state index is 12.9. The number of nitrogens with zero attached hydrogens (tertiary/aromatic N) is 2. The molecule has 0 bridgehead atoms. The van der Waals surface area contributed by atoms with Gasteiger partial charge in [-0.25, -0.2) is 4.79 Å². The number of esters is 1.